The SMILES string of the molecule is COC1(C#Cc2ccc(N(C)C)cc2)CC[C@H]2[C@@H]3CCC4CC(O)CC[C@]4(C)[C@@H]3CC[C@@]21C. The zero-order chi connectivity index (χ0) is 23.4. The van der Waals surface area contributed by atoms with Crippen molar-refractivity contribution < 1.29 is 9.84 Å². The van der Waals surface area contributed by atoms with E-state index < -0.39 is 0 Å². The minimum absolute atomic E-state index is 0.0665. The molecule has 4 saturated carbocycles. The zero-order valence-electron chi connectivity index (χ0n) is 21.4. The van der Waals surface area contributed by atoms with Crippen LogP contribution < -0.4 is 4.90 Å². The average Bonchev–Trinajstić information content (AvgIpc) is 3.11. The molecule has 0 spiro atoms. The monoisotopic (exact) mass is 449 g/mol. The van der Waals surface area contributed by atoms with Crippen LogP contribution in [0, 0.1) is 46.3 Å². The van der Waals surface area contributed by atoms with Crippen LogP contribution in [0.15, 0.2) is 24.3 Å². The van der Waals surface area contributed by atoms with E-state index in [1.165, 1.54) is 44.2 Å². The highest BCUT2D eigenvalue weighted by atomic mass is 16.5. The van der Waals surface area contributed by atoms with Crippen molar-refractivity contribution in [3.63, 3.8) is 0 Å². The van der Waals surface area contributed by atoms with Gasteiger partial charge in [-0.05, 0) is 111 Å². The first kappa shape index (κ1) is 23.3. The van der Waals surface area contributed by atoms with Crippen molar-refractivity contribution in [1.29, 1.82) is 0 Å². The Morgan fingerprint density at radius 2 is 1.67 bits per heavy atom. The number of hydrogen-bond donors (Lipinski definition) is 1. The quantitative estimate of drug-likeness (QED) is 0.571. The number of hydrogen-bond acceptors (Lipinski definition) is 3. The number of aliphatic hydroxyl groups excluding tert-OH is 1. The van der Waals surface area contributed by atoms with Gasteiger partial charge in [-0.3, -0.25) is 0 Å². The van der Waals surface area contributed by atoms with E-state index in [0.29, 0.717) is 17.3 Å². The third-order valence-corrected chi connectivity index (χ3v) is 10.9. The molecule has 5 rings (SSSR count). The normalized spacial score (nSPS) is 44.1. The summed E-state index contributed by atoms with van der Waals surface area (Å²) in [4.78, 5) is 2.12. The third kappa shape index (κ3) is 3.55. The van der Waals surface area contributed by atoms with Crippen molar-refractivity contribution in [2.24, 2.45) is 34.5 Å². The summed E-state index contributed by atoms with van der Waals surface area (Å²) < 4.78 is 6.37. The summed E-state index contributed by atoms with van der Waals surface area (Å²) in [5, 5.41) is 10.3. The largest absolute Gasteiger partial charge is 0.393 e. The van der Waals surface area contributed by atoms with Crippen molar-refractivity contribution >= 4 is 5.69 Å². The summed E-state index contributed by atoms with van der Waals surface area (Å²) in [5.74, 6) is 10.2. The molecule has 0 heterocycles. The van der Waals surface area contributed by atoms with Gasteiger partial charge in [0.2, 0.25) is 0 Å². The second kappa shape index (κ2) is 8.31. The first-order valence-electron chi connectivity index (χ1n) is 13.3. The first-order valence-corrected chi connectivity index (χ1v) is 13.3. The van der Waals surface area contributed by atoms with Gasteiger partial charge in [0.15, 0.2) is 0 Å². The smallest absolute Gasteiger partial charge is 0.134 e. The number of rotatable bonds is 2. The second-order valence-electron chi connectivity index (χ2n) is 12.3. The molecule has 180 valence electrons. The van der Waals surface area contributed by atoms with Crippen molar-refractivity contribution in [3.8, 4) is 11.8 Å². The highest BCUT2D eigenvalue weighted by Crippen LogP contribution is 2.68. The van der Waals surface area contributed by atoms with Crippen LogP contribution in [0.4, 0.5) is 5.69 Å². The molecule has 0 bridgehead atoms. The summed E-state index contributed by atoms with van der Waals surface area (Å²) in [7, 11) is 6.03. The maximum absolute atomic E-state index is 10.3. The molecule has 4 aliphatic rings. The maximum Gasteiger partial charge on any atom is 0.134 e. The molecular weight excluding hydrogens is 406 g/mol. The highest BCUT2D eigenvalue weighted by molar-refractivity contribution is 5.50. The van der Waals surface area contributed by atoms with Gasteiger partial charge in [-0.2, -0.15) is 0 Å². The molecule has 0 aliphatic heterocycles. The molecule has 3 unspecified atom stereocenters. The Hall–Kier alpha value is -1.50. The Kier molecular flexibility index (Phi) is 5.86. The standard InChI is InChI=1S/C30H43NO2/c1-28-16-13-24(32)20-22(28)8-11-25-26(28)14-17-29(2)27(25)15-19-30(29,33-5)18-12-21-6-9-23(10-7-21)31(3)4/h6-7,9-10,22,24-27,32H,8,11,13-17,19-20H2,1-5H3/t22?,24?,25-,26-,27+,28+,29+,30?/m1/s1. The Labute approximate surface area is 201 Å². The number of ether oxygens (including phenoxy) is 1. The predicted molar refractivity (Wildman–Crippen MR) is 135 cm³/mol. The molecule has 0 aromatic heterocycles. The van der Waals surface area contributed by atoms with Gasteiger partial charge in [0.05, 0.1) is 6.10 Å². The summed E-state index contributed by atoms with van der Waals surface area (Å²) in [6.45, 7) is 5.06. The van der Waals surface area contributed by atoms with Gasteiger partial charge in [-0.25, -0.2) is 0 Å². The molecule has 1 aromatic rings. The number of methoxy groups -OCH3 is 1. The summed E-state index contributed by atoms with van der Waals surface area (Å²) in [5.41, 5.74) is 2.47. The summed E-state index contributed by atoms with van der Waals surface area (Å²) >= 11 is 0. The fraction of sp³-hybridized carbons (Fsp3) is 0.733. The van der Waals surface area contributed by atoms with E-state index in [2.05, 4.69) is 68.9 Å². The second-order valence-corrected chi connectivity index (χ2v) is 12.3. The summed E-state index contributed by atoms with van der Waals surface area (Å²) in [6, 6.07) is 8.57. The molecule has 8 atom stereocenters. The molecule has 3 heteroatoms. The van der Waals surface area contributed by atoms with E-state index >= 15 is 0 Å². The lowest BCUT2D eigenvalue weighted by molar-refractivity contribution is -0.151. The van der Waals surface area contributed by atoms with E-state index in [-0.39, 0.29) is 17.1 Å². The van der Waals surface area contributed by atoms with Crippen LogP contribution in [0.1, 0.15) is 77.2 Å². The topological polar surface area (TPSA) is 32.7 Å². The zero-order valence-corrected chi connectivity index (χ0v) is 21.4. The number of nitrogens with zero attached hydrogens (tertiary/aromatic N) is 1. The number of anilines is 1. The molecule has 4 fully saturated rings. The lowest BCUT2D eigenvalue weighted by Gasteiger charge is -2.61. The Balaban J connectivity index is 1.41. The van der Waals surface area contributed by atoms with Gasteiger partial charge in [0.25, 0.3) is 0 Å². The molecule has 0 radical (unpaired) electrons. The van der Waals surface area contributed by atoms with Crippen LogP contribution in [0.2, 0.25) is 0 Å². The fourth-order valence-corrected chi connectivity index (χ4v) is 8.84. The van der Waals surface area contributed by atoms with E-state index in [9.17, 15) is 5.11 Å². The third-order valence-electron chi connectivity index (χ3n) is 10.9. The average molecular weight is 450 g/mol. The molecule has 1 N–H and O–H groups in total. The van der Waals surface area contributed by atoms with Crippen LogP contribution in [-0.2, 0) is 4.74 Å². The predicted octanol–water partition coefficient (Wildman–Crippen LogP) is 5.89. The lowest BCUT2D eigenvalue weighted by Crippen LogP contribution is -2.57. The molecule has 0 saturated heterocycles. The lowest BCUT2D eigenvalue weighted by atomic mass is 9.44. The number of fused-ring (bicyclic) bond motifs is 5. The minimum Gasteiger partial charge on any atom is -0.393 e. The molecule has 4 aliphatic carbocycles. The molecular formula is C30H43NO2. The van der Waals surface area contributed by atoms with Gasteiger partial charge in [0.1, 0.15) is 5.60 Å². The molecule has 33 heavy (non-hydrogen) atoms. The van der Waals surface area contributed by atoms with E-state index in [1.54, 1.807) is 0 Å². The van der Waals surface area contributed by atoms with E-state index in [0.717, 1.165) is 36.7 Å². The van der Waals surface area contributed by atoms with Crippen molar-refractivity contribution in [1.82, 2.24) is 0 Å². The van der Waals surface area contributed by atoms with Gasteiger partial charge >= 0.3 is 0 Å². The van der Waals surface area contributed by atoms with E-state index in [4.69, 9.17) is 4.74 Å². The van der Waals surface area contributed by atoms with Crippen LogP contribution in [0.3, 0.4) is 0 Å². The van der Waals surface area contributed by atoms with Crippen molar-refractivity contribution in [2.75, 3.05) is 26.1 Å². The van der Waals surface area contributed by atoms with Crippen LogP contribution in [0.25, 0.3) is 0 Å². The minimum atomic E-state index is -0.344. The van der Waals surface area contributed by atoms with Gasteiger partial charge in [-0.1, -0.05) is 25.7 Å². The van der Waals surface area contributed by atoms with Gasteiger partial charge in [-0.15, -0.1) is 0 Å². The number of aliphatic hydroxyl groups is 1. The molecule has 0 amide bonds. The molecule has 1 aromatic carbocycles. The van der Waals surface area contributed by atoms with Gasteiger partial charge in [0, 0.05) is 37.9 Å². The van der Waals surface area contributed by atoms with Crippen LogP contribution in [0.5, 0.6) is 0 Å². The Bertz CT molecular complexity index is 929. The Morgan fingerprint density at radius 1 is 0.939 bits per heavy atom. The Morgan fingerprint density at radius 3 is 2.36 bits per heavy atom. The van der Waals surface area contributed by atoms with Gasteiger partial charge < -0.3 is 14.7 Å². The fourth-order valence-electron chi connectivity index (χ4n) is 8.84. The maximum atomic E-state index is 10.3. The number of benzene rings is 1. The van der Waals surface area contributed by atoms with E-state index in [1.807, 2.05) is 7.11 Å². The van der Waals surface area contributed by atoms with Crippen LogP contribution in [-0.4, -0.2) is 38.0 Å². The van der Waals surface area contributed by atoms with Crippen LogP contribution >= 0.6 is 0 Å². The first-order chi connectivity index (χ1) is 15.7. The summed E-state index contributed by atoms with van der Waals surface area (Å²) in [6.07, 6.45) is 10.6. The van der Waals surface area contributed by atoms with Crippen molar-refractivity contribution in [3.05, 3.63) is 29.8 Å². The van der Waals surface area contributed by atoms with Crippen molar-refractivity contribution in [2.45, 2.75) is 83.3 Å². The molecule has 3 nitrogen and oxygen atoms in total. The highest BCUT2D eigenvalue weighted by Gasteiger charge is 2.65.